The van der Waals surface area contributed by atoms with Crippen LogP contribution in [0.3, 0.4) is 0 Å². The number of carboxylic acids is 1. The summed E-state index contributed by atoms with van der Waals surface area (Å²) in [5.74, 6) is -1.80. The van der Waals surface area contributed by atoms with Crippen molar-refractivity contribution in [1.82, 2.24) is 0 Å². The number of benzene rings is 1. The van der Waals surface area contributed by atoms with Crippen molar-refractivity contribution >= 4 is 17.6 Å². The second kappa shape index (κ2) is 6.33. The average Bonchev–Trinajstić information content (AvgIpc) is 2.34. The molecule has 0 spiro atoms. The van der Waals surface area contributed by atoms with Crippen molar-refractivity contribution in [2.45, 2.75) is 19.4 Å². The Morgan fingerprint density at radius 2 is 1.94 bits per heavy atom. The second-order valence-corrected chi connectivity index (χ2v) is 3.44. The molecule has 0 heterocycles. The van der Waals surface area contributed by atoms with Crippen LogP contribution in [0.2, 0.25) is 0 Å². The highest BCUT2D eigenvalue weighted by molar-refractivity contribution is 5.76. The molecule has 0 saturated carbocycles. The summed E-state index contributed by atoms with van der Waals surface area (Å²) in [4.78, 5) is 31.5. The Labute approximate surface area is 102 Å². The maximum Gasteiger partial charge on any atom is 0.306 e. The molecule has 0 fully saturated rings. The van der Waals surface area contributed by atoms with E-state index in [-0.39, 0.29) is 30.7 Å². The standard InChI is InChI=1S/C11H11NO6/c13-10(14)5-6-11(15)18-7-8-3-1-2-4-9(8)12(16)17/h1-4H,5-7H2,(H,13,14). The first-order valence-electron chi connectivity index (χ1n) is 5.10. The molecule has 0 saturated heterocycles. The van der Waals surface area contributed by atoms with E-state index in [0.717, 1.165) is 0 Å². The number of nitro groups is 1. The molecule has 0 amide bonds. The second-order valence-electron chi connectivity index (χ2n) is 3.44. The number of hydrogen-bond donors (Lipinski definition) is 1. The molecule has 7 heteroatoms. The molecule has 7 nitrogen and oxygen atoms in total. The van der Waals surface area contributed by atoms with Crippen molar-refractivity contribution in [3.05, 3.63) is 39.9 Å². The van der Waals surface area contributed by atoms with E-state index in [1.165, 1.54) is 18.2 Å². The lowest BCUT2D eigenvalue weighted by Crippen LogP contribution is -2.08. The highest BCUT2D eigenvalue weighted by Crippen LogP contribution is 2.18. The highest BCUT2D eigenvalue weighted by atomic mass is 16.6. The molecule has 0 atom stereocenters. The van der Waals surface area contributed by atoms with Gasteiger partial charge in [-0.15, -0.1) is 0 Å². The third kappa shape index (κ3) is 4.20. The van der Waals surface area contributed by atoms with Crippen LogP contribution in [0, 0.1) is 10.1 Å². The average molecular weight is 253 g/mol. The Kier molecular flexibility index (Phi) is 4.79. The molecule has 18 heavy (non-hydrogen) atoms. The normalized spacial score (nSPS) is 9.78. The first-order chi connectivity index (χ1) is 8.50. The van der Waals surface area contributed by atoms with Crippen molar-refractivity contribution in [2.24, 2.45) is 0 Å². The summed E-state index contributed by atoms with van der Waals surface area (Å²) >= 11 is 0. The van der Waals surface area contributed by atoms with E-state index in [0.29, 0.717) is 0 Å². The van der Waals surface area contributed by atoms with Gasteiger partial charge in [0.1, 0.15) is 6.61 Å². The van der Waals surface area contributed by atoms with Gasteiger partial charge >= 0.3 is 11.9 Å². The number of carbonyl (C=O) groups excluding carboxylic acids is 1. The molecule has 0 bridgehead atoms. The zero-order valence-corrected chi connectivity index (χ0v) is 9.37. The van der Waals surface area contributed by atoms with Gasteiger partial charge in [0.15, 0.2) is 0 Å². The van der Waals surface area contributed by atoms with E-state index < -0.39 is 16.9 Å². The van der Waals surface area contributed by atoms with E-state index in [2.05, 4.69) is 0 Å². The number of esters is 1. The minimum atomic E-state index is -1.10. The third-order valence-electron chi connectivity index (χ3n) is 2.12. The Balaban J connectivity index is 2.56. The largest absolute Gasteiger partial charge is 0.481 e. The van der Waals surface area contributed by atoms with E-state index in [9.17, 15) is 19.7 Å². The molecule has 0 unspecified atom stereocenters. The fraction of sp³-hybridized carbons (Fsp3) is 0.273. The number of para-hydroxylation sites is 1. The summed E-state index contributed by atoms with van der Waals surface area (Å²) < 4.78 is 4.76. The minimum Gasteiger partial charge on any atom is -0.481 e. The zero-order chi connectivity index (χ0) is 13.5. The molecule has 1 aromatic carbocycles. The summed E-state index contributed by atoms with van der Waals surface area (Å²) in [6.45, 7) is -0.240. The quantitative estimate of drug-likeness (QED) is 0.467. The van der Waals surface area contributed by atoms with Gasteiger partial charge in [-0.2, -0.15) is 0 Å². The van der Waals surface area contributed by atoms with Crippen LogP contribution >= 0.6 is 0 Å². The van der Waals surface area contributed by atoms with Crippen molar-refractivity contribution in [2.75, 3.05) is 0 Å². The van der Waals surface area contributed by atoms with Crippen LogP contribution in [0.15, 0.2) is 24.3 Å². The fourth-order valence-corrected chi connectivity index (χ4v) is 1.25. The summed E-state index contributed by atoms with van der Waals surface area (Å²) in [7, 11) is 0. The lowest BCUT2D eigenvalue weighted by molar-refractivity contribution is -0.385. The van der Waals surface area contributed by atoms with Crippen LogP contribution < -0.4 is 0 Å². The maximum atomic E-state index is 11.1. The topological polar surface area (TPSA) is 107 Å². The Hall–Kier alpha value is -2.44. The Bertz CT molecular complexity index is 470. The number of carbonyl (C=O) groups is 2. The number of nitro benzene ring substituents is 1. The number of ether oxygens (including phenoxy) is 1. The lowest BCUT2D eigenvalue weighted by Gasteiger charge is -2.04. The number of aliphatic carboxylic acids is 1. The predicted molar refractivity (Wildman–Crippen MR) is 59.8 cm³/mol. The number of carboxylic acid groups (broad SMARTS) is 1. The Morgan fingerprint density at radius 1 is 1.28 bits per heavy atom. The summed E-state index contributed by atoms with van der Waals surface area (Å²) in [5.41, 5.74) is 0.134. The monoisotopic (exact) mass is 253 g/mol. The van der Waals surface area contributed by atoms with Crippen molar-refractivity contribution in [1.29, 1.82) is 0 Å². The van der Waals surface area contributed by atoms with Crippen LogP contribution in [-0.4, -0.2) is 22.0 Å². The van der Waals surface area contributed by atoms with Gasteiger partial charge in [0, 0.05) is 6.07 Å². The highest BCUT2D eigenvalue weighted by Gasteiger charge is 2.14. The Morgan fingerprint density at radius 3 is 2.56 bits per heavy atom. The van der Waals surface area contributed by atoms with Crippen LogP contribution in [0.5, 0.6) is 0 Å². The maximum absolute atomic E-state index is 11.1. The van der Waals surface area contributed by atoms with E-state index >= 15 is 0 Å². The molecule has 0 aliphatic heterocycles. The minimum absolute atomic E-state index is 0.136. The molecule has 0 aliphatic carbocycles. The molecule has 0 radical (unpaired) electrons. The van der Waals surface area contributed by atoms with Crippen LogP contribution in [0.4, 0.5) is 5.69 Å². The van der Waals surface area contributed by atoms with Gasteiger partial charge in [-0.1, -0.05) is 12.1 Å². The summed E-state index contributed by atoms with van der Waals surface area (Å²) in [6.07, 6.45) is -0.578. The van der Waals surface area contributed by atoms with Crippen molar-refractivity contribution in [3.63, 3.8) is 0 Å². The lowest BCUT2D eigenvalue weighted by atomic mass is 10.2. The zero-order valence-electron chi connectivity index (χ0n) is 9.37. The molecule has 1 N–H and O–H groups in total. The van der Waals surface area contributed by atoms with Gasteiger partial charge in [-0.25, -0.2) is 0 Å². The van der Waals surface area contributed by atoms with Crippen molar-refractivity contribution in [3.8, 4) is 0 Å². The van der Waals surface area contributed by atoms with Gasteiger partial charge < -0.3 is 9.84 Å². The third-order valence-corrected chi connectivity index (χ3v) is 2.12. The molecule has 1 rings (SSSR count). The first-order valence-corrected chi connectivity index (χ1v) is 5.10. The van der Waals surface area contributed by atoms with Gasteiger partial charge in [0.25, 0.3) is 5.69 Å². The van der Waals surface area contributed by atoms with E-state index in [1.807, 2.05) is 0 Å². The molecular formula is C11H11NO6. The van der Waals surface area contributed by atoms with Crippen molar-refractivity contribution < 1.29 is 24.4 Å². The number of nitrogens with zero attached hydrogens (tertiary/aromatic N) is 1. The van der Waals surface area contributed by atoms with Gasteiger partial charge in [0.2, 0.25) is 0 Å². The van der Waals surface area contributed by atoms with Crippen LogP contribution in [0.1, 0.15) is 18.4 Å². The predicted octanol–water partition coefficient (Wildman–Crippen LogP) is 1.50. The van der Waals surface area contributed by atoms with Gasteiger partial charge in [-0.05, 0) is 6.07 Å². The fourth-order valence-electron chi connectivity index (χ4n) is 1.25. The van der Waals surface area contributed by atoms with Gasteiger partial charge in [0.05, 0.1) is 23.3 Å². The molecule has 0 aliphatic rings. The molecule has 96 valence electrons. The molecule has 0 aromatic heterocycles. The van der Waals surface area contributed by atoms with E-state index in [4.69, 9.17) is 9.84 Å². The first kappa shape index (κ1) is 13.6. The summed E-state index contributed by atoms with van der Waals surface area (Å²) in [6, 6.07) is 5.88. The SMILES string of the molecule is O=C(O)CCC(=O)OCc1ccccc1[N+](=O)[O-]. The number of hydrogen-bond acceptors (Lipinski definition) is 5. The summed E-state index contributed by atoms with van der Waals surface area (Å²) in [5, 5.41) is 19.0. The van der Waals surface area contributed by atoms with Gasteiger partial charge in [-0.3, -0.25) is 19.7 Å². The molecule has 1 aromatic rings. The number of rotatable bonds is 6. The van der Waals surface area contributed by atoms with E-state index in [1.54, 1.807) is 6.07 Å². The molecular weight excluding hydrogens is 242 g/mol. The smallest absolute Gasteiger partial charge is 0.306 e. The van der Waals surface area contributed by atoms with Crippen LogP contribution in [0.25, 0.3) is 0 Å². The van der Waals surface area contributed by atoms with Crippen LogP contribution in [-0.2, 0) is 20.9 Å².